The minimum absolute atomic E-state index is 0.119. The molecule has 0 saturated carbocycles. The normalized spacial score (nSPS) is 14.6. The number of aliphatic hydroxyl groups excluding tert-OH is 1. The number of hydrogen-bond acceptors (Lipinski definition) is 4. The second kappa shape index (κ2) is 7.13. The van der Waals surface area contributed by atoms with Crippen molar-refractivity contribution in [2.75, 3.05) is 19.0 Å². The third kappa shape index (κ3) is 3.95. The number of rotatable bonds is 7. The third-order valence-electron chi connectivity index (χ3n) is 1.94. The van der Waals surface area contributed by atoms with Crippen LogP contribution >= 0.6 is 18.0 Å². The second-order valence-corrected chi connectivity index (χ2v) is 7.81. The van der Waals surface area contributed by atoms with Crippen LogP contribution in [0.3, 0.4) is 0 Å². The lowest BCUT2D eigenvalue weighted by Gasteiger charge is -2.16. The Morgan fingerprint density at radius 3 is 2.62 bits per heavy atom. The first kappa shape index (κ1) is 13.8. The highest BCUT2D eigenvalue weighted by molar-refractivity contribution is 8.58. The Hall–Kier alpha value is -0.280. The average molecular weight is 260 g/mol. The Morgan fingerprint density at radius 1 is 1.38 bits per heavy atom. The van der Waals surface area contributed by atoms with E-state index in [-0.39, 0.29) is 6.61 Å². The molecule has 0 bridgehead atoms. The van der Waals surface area contributed by atoms with Gasteiger partial charge in [-0.15, -0.1) is 0 Å². The molecule has 1 aromatic carbocycles. The smallest absolute Gasteiger partial charge is 0.287 e. The van der Waals surface area contributed by atoms with E-state index in [1.807, 2.05) is 37.3 Å². The van der Waals surface area contributed by atoms with Crippen LogP contribution in [0, 0.1) is 0 Å². The summed E-state index contributed by atoms with van der Waals surface area (Å²) in [6.07, 6.45) is 0.633. The van der Waals surface area contributed by atoms with Crippen molar-refractivity contribution < 1.29 is 14.2 Å². The van der Waals surface area contributed by atoms with E-state index in [9.17, 15) is 4.57 Å². The van der Waals surface area contributed by atoms with Gasteiger partial charge in [-0.3, -0.25) is 4.57 Å². The van der Waals surface area contributed by atoms with Gasteiger partial charge in [-0.05, 0) is 25.5 Å². The molecule has 90 valence electrons. The van der Waals surface area contributed by atoms with Crippen molar-refractivity contribution in [1.82, 2.24) is 0 Å². The zero-order valence-electron chi connectivity index (χ0n) is 9.33. The Bertz CT molecular complexity index is 342. The lowest BCUT2D eigenvalue weighted by Crippen LogP contribution is -2.05. The van der Waals surface area contributed by atoms with Crippen LogP contribution in [0.2, 0.25) is 0 Å². The highest BCUT2D eigenvalue weighted by atomic mass is 32.7. The van der Waals surface area contributed by atoms with Gasteiger partial charge in [0, 0.05) is 17.7 Å². The van der Waals surface area contributed by atoms with E-state index in [4.69, 9.17) is 9.63 Å². The van der Waals surface area contributed by atoms with Gasteiger partial charge in [0.05, 0.1) is 6.61 Å². The number of benzene rings is 1. The molecule has 1 aromatic rings. The highest BCUT2D eigenvalue weighted by Crippen LogP contribution is 2.58. The first-order chi connectivity index (χ1) is 7.73. The molecule has 1 atom stereocenters. The summed E-state index contributed by atoms with van der Waals surface area (Å²) in [7, 11) is 0. The molecule has 1 unspecified atom stereocenters. The fraction of sp³-hybridized carbons (Fsp3) is 0.455. The van der Waals surface area contributed by atoms with Gasteiger partial charge in [0.25, 0.3) is 6.57 Å². The molecule has 5 heteroatoms. The second-order valence-electron chi connectivity index (χ2n) is 3.16. The molecule has 0 aromatic heterocycles. The fourth-order valence-electron chi connectivity index (χ4n) is 1.22. The largest absolute Gasteiger partial charge is 0.396 e. The molecule has 1 rings (SSSR count). The summed E-state index contributed by atoms with van der Waals surface area (Å²) in [6.45, 7) is -0.413. The van der Waals surface area contributed by atoms with E-state index in [0.717, 1.165) is 5.30 Å². The molecular formula is C11H17O3PS. The summed E-state index contributed by atoms with van der Waals surface area (Å²) in [5.41, 5.74) is 0. The van der Waals surface area contributed by atoms with Crippen molar-refractivity contribution >= 4 is 23.3 Å². The van der Waals surface area contributed by atoms with Crippen molar-refractivity contribution in [3.63, 3.8) is 0 Å². The Morgan fingerprint density at radius 2 is 2.06 bits per heavy atom. The predicted molar refractivity (Wildman–Crippen MR) is 69.5 cm³/mol. The standard InChI is InChI=1S/C11H17O3PS/c1-2-14-15(13,16-10-6-9-12)11-7-4-3-5-8-11/h3-5,7-8,12H,2,6,9-10H2,1H3. The molecule has 0 amide bonds. The molecular weight excluding hydrogens is 243 g/mol. The SMILES string of the molecule is CCOP(=O)(SCCCO)c1ccccc1. The van der Waals surface area contributed by atoms with Gasteiger partial charge in [0.1, 0.15) is 0 Å². The van der Waals surface area contributed by atoms with Gasteiger partial charge in [0.15, 0.2) is 0 Å². The van der Waals surface area contributed by atoms with Gasteiger partial charge < -0.3 is 9.63 Å². The maximum Gasteiger partial charge on any atom is 0.287 e. The van der Waals surface area contributed by atoms with Crippen LogP contribution in [-0.4, -0.2) is 24.1 Å². The van der Waals surface area contributed by atoms with Gasteiger partial charge >= 0.3 is 0 Å². The quantitative estimate of drug-likeness (QED) is 0.605. The summed E-state index contributed by atoms with van der Waals surface area (Å²) in [4.78, 5) is 0. The zero-order chi connectivity index (χ0) is 11.9. The topological polar surface area (TPSA) is 46.5 Å². The highest BCUT2D eigenvalue weighted by Gasteiger charge is 2.25. The number of hydrogen-bond donors (Lipinski definition) is 1. The van der Waals surface area contributed by atoms with Crippen LogP contribution in [-0.2, 0) is 9.09 Å². The van der Waals surface area contributed by atoms with Crippen LogP contribution in [0.4, 0.5) is 0 Å². The first-order valence-electron chi connectivity index (χ1n) is 5.28. The van der Waals surface area contributed by atoms with Crippen LogP contribution < -0.4 is 5.30 Å². The molecule has 0 fully saturated rings. The fourth-order valence-corrected chi connectivity index (χ4v) is 5.43. The summed E-state index contributed by atoms with van der Waals surface area (Å²) >= 11 is 1.30. The Labute approximate surface area is 100 Å². The predicted octanol–water partition coefficient (Wildman–Crippen LogP) is 2.66. The van der Waals surface area contributed by atoms with Crippen molar-refractivity contribution in [3.05, 3.63) is 30.3 Å². The average Bonchev–Trinajstić information content (AvgIpc) is 2.31. The first-order valence-corrected chi connectivity index (χ1v) is 8.50. The van der Waals surface area contributed by atoms with Crippen LogP contribution in [0.15, 0.2) is 30.3 Å². The Balaban J connectivity index is 2.76. The van der Waals surface area contributed by atoms with Gasteiger partial charge in [-0.1, -0.05) is 29.6 Å². The molecule has 0 aliphatic rings. The van der Waals surface area contributed by atoms with Crippen LogP contribution in [0.25, 0.3) is 0 Å². The molecule has 0 aliphatic heterocycles. The molecule has 16 heavy (non-hydrogen) atoms. The molecule has 0 spiro atoms. The van der Waals surface area contributed by atoms with E-state index in [1.165, 1.54) is 11.4 Å². The monoisotopic (exact) mass is 260 g/mol. The molecule has 0 radical (unpaired) electrons. The summed E-state index contributed by atoms with van der Waals surface area (Å²) < 4.78 is 17.9. The maximum atomic E-state index is 12.5. The van der Waals surface area contributed by atoms with Crippen LogP contribution in [0.1, 0.15) is 13.3 Å². The van der Waals surface area contributed by atoms with Crippen LogP contribution in [0.5, 0.6) is 0 Å². The molecule has 0 saturated heterocycles. The van der Waals surface area contributed by atoms with Gasteiger partial charge in [0.2, 0.25) is 0 Å². The van der Waals surface area contributed by atoms with Gasteiger partial charge in [-0.25, -0.2) is 0 Å². The maximum absolute atomic E-state index is 12.5. The lowest BCUT2D eigenvalue weighted by atomic mass is 10.4. The molecule has 1 N–H and O–H groups in total. The minimum Gasteiger partial charge on any atom is -0.396 e. The van der Waals surface area contributed by atoms with Crippen molar-refractivity contribution in [3.8, 4) is 0 Å². The Kier molecular flexibility index (Phi) is 6.14. The number of aliphatic hydroxyl groups is 1. The molecule has 0 aliphatic carbocycles. The van der Waals surface area contributed by atoms with Gasteiger partial charge in [-0.2, -0.15) is 0 Å². The molecule has 3 nitrogen and oxygen atoms in total. The van der Waals surface area contributed by atoms with Crippen molar-refractivity contribution in [2.45, 2.75) is 13.3 Å². The summed E-state index contributed by atoms with van der Waals surface area (Å²) in [6, 6.07) is 9.24. The summed E-state index contributed by atoms with van der Waals surface area (Å²) in [5, 5.41) is 9.46. The van der Waals surface area contributed by atoms with E-state index in [2.05, 4.69) is 0 Å². The summed E-state index contributed by atoms with van der Waals surface area (Å²) in [5.74, 6) is 0.642. The lowest BCUT2D eigenvalue weighted by molar-refractivity contribution is 0.296. The van der Waals surface area contributed by atoms with E-state index >= 15 is 0 Å². The van der Waals surface area contributed by atoms with E-state index < -0.39 is 6.57 Å². The van der Waals surface area contributed by atoms with E-state index in [1.54, 1.807) is 0 Å². The minimum atomic E-state index is -2.80. The van der Waals surface area contributed by atoms with E-state index in [0.29, 0.717) is 18.8 Å². The zero-order valence-corrected chi connectivity index (χ0v) is 11.0. The van der Waals surface area contributed by atoms with Crippen molar-refractivity contribution in [1.29, 1.82) is 0 Å². The third-order valence-corrected chi connectivity index (χ3v) is 6.79. The molecule has 0 heterocycles. The van der Waals surface area contributed by atoms with Crippen molar-refractivity contribution in [2.24, 2.45) is 0 Å².